The third-order valence-electron chi connectivity index (χ3n) is 2.82. The summed E-state index contributed by atoms with van der Waals surface area (Å²) in [6.07, 6.45) is 3.49. The second-order valence-electron chi connectivity index (χ2n) is 3.82. The highest BCUT2D eigenvalue weighted by Crippen LogP contribution is 2.25. The number of nitrogens with one attached hydrogen (secondary N) is 1. The van der Waals surface area contributed by atoms with Crippen molar-refractivity contribution < 1.29 is 13.7 Å². The first-order valence-corrected chi connectivity index (χ1v) is 6.71. The predicted molar refractivity (Wildman–Crippen MR) is 59.6 cm³/mol. The van der Waals surface area contributed by atoms with Crippen LogP contribution in [0.2, 0.25) is 0 Å². The molecule has 0 aromatic heterocycles. The van der Waals surface area contributed by atoms with Crippen LogP contribution < -0.4 is 4.72 Å². The fourth-order valence-corrected chi connectivity index (χ4v) is 2.66. The molecule has 88 valence electrons. The molecule has 1 aliphatic rings. The second kappa shape index (κ2) is 6.23. The summed E-state index contributed by atoms with van der Waals surface area (Å²) in [4.78, 5) is 11.2. The molecule has 0 saturated heterocycles. The van der Waals surface area contributed by atoms with E-state index in [9.17, 15) is 9.00 Å². The molecule has 0 aromatic rings. The summed E-state index contributed by atoms with van der Waals surface area (Å²) in [6, 6.07) is 0.298. The third kappa shape index (κ3) is 3.91. The summed E-state index contributed by atoms with van der Waals surface area (Å²) < 4.78 is 19.0. The maximum atomic E-state index is 11.3. The predicted octanol–water partition coefficient (Wildman–Crippen LogP) is 0.991. The van der Waals surface area contributed by atoms with Crippen LogP contribution in [-0.2, 0) is 20.5 Å². The number of ether oxygens (including phenoxy) is 1. The third-order valence-corrected chi connectivity index (χ3v) is 3.94. The molecule has 1 atom stereocenters. The molecule has 5 heteroatoms. The normalized spacial score (nSPS) is 28.4. The van der Waals surface area contributed by atoms with Crippen molar-refractivity contribution in [2.45, 2.75) is 38.6 Å². The van der Waals surface area contributed by atoms with Crippen molar-refractivity contribution in [1.82, 2.24) is 4.72 Å². The van der Waals surface area contributed by atoms with E-state index in [4.69, 9.17) is 4.74 Å². The molecule has 1 fully saturated rings. The number of esters is 1. The van der Waals surface area contributed by atoms with Crippen molar-refractivity contribution in [3.63, 3.8) is 0 Å². The first-order valence-electron chi connectivity index (χ1n) is 5.39. The van der Waals surface area contributed by atoms with Crippen LogP contribution in [0.25, 0.3) is 0 Å². The number of hydrogen-bond acceptors (Lipinski definition) is 3. The Bertz CT molecular complexity index is 237. The second-order valence-corrected chi connectivity index (χ2v) is 5.33. The lowest BCUT2D eigenvalue weighted by Crippen LogP contribution is -2.36. The van der Waals surface area contributed by atoms with Gasteiger partial charge in [-0.2, -0.15) is 0 Å². The molecule has 4 nitrogen and oxygen atoms in total. The van der Waals surface area contributed by atoms with Crippen LogP contribution in [0.3, 0.4) is 0 Å². The lowest BCUT2D eigenvalue weighted by molar-refractivity contribution is -0.146. The highest BCUT2D eigenvalue weighted by molar-refractivity contribution is 7.82. The van der Waals surface area contributed by atoms with Crippen LogP contribution in [0.5, 0.6) is 0 Å². The molecule has 1 unspecified atom stereocenters. The molecule has 1 saturated carbocycles. The molecule has 0 aromatic carbocycles. The molecule has 0 heterocycles. The summed E-state index contributed by atoms with van der Waals surface area (Å²) in [7, 11) is 0.515. The zero-order chi connectivity index (χ0) is 11.3. The first-order chi connectivity index (χ1) is 7.17. The average Bonchev–Trinajstić information content (AvgIpc) is 2.29. The molecular weight excluding hydrogens is 214 g/mol. The minimum absolute atomic E-state index is 0.0445. The van der Waals surface area contributed by atoms with Crippen molar-refractivity contribution in [2.75, 3.05) is 12.9 Å². The Morgan fingerprint density at radius 3 is 2.47 bits per heavy atom. The summed E-state index contributed by atoms with van der Waals surface area (Å²) >= 11 is 0. The molecular formula is C10H19NO3S. The van der Waals surface area contributed by atoms with Gasteiger partial charge >= 0.3 is 5.97 Å². The van der Waals surface area contributed by atoms with Gasteiger partial charge in [-0.15, -0.1) is 0 Å². The lowest BCUT2D eigenvalue weighted by Gasteiger charge is -2.26. The smallest absolute Gasteiger partial charge is 0.308 e. The van der Waals surface area contributed by atoms with Crippen molar-refractivity contribution in [2.24, 2.45) is 5.92 Å². The monoisotopic (exact) mass is 233 g/mol. The first kappa shape index (κ1) is 12.6. The van der Waals surface area contributed by atoms with Gasteiger partial charge in [-0.3, -0.25) is 4.79 Å². The summed E-state index contributed by atoms with van der Waals surface area (Å²) in [5.41, 5.74) is 0. The number of rotatable bonds is 4. The van der Waals surface area contributed by atoms with Crippen LogP contribution in [0.4, 0.5) is 0 Å². The highest BCUT2D eigenvalue weighted by atomic mass is 32.2. The fourth-order valence-electron chi connectivity index (χ4n) is 1.88. The van der Waals surface area contributed by atoms with Crippen molar-refractivity contribution in [1.29, 1.82) is 0 Å². The van der Waals surface area contributed by atoms with Gasteiger partial charge < -0.3 is 4.74 Å². The molecule has 0 aliphatic heterocycles. The zero-order valence-corrected chi connectivity index (χ0v) is 10.1. The number of methoxy groups -OCH3 is 1. The lowest BCUT2D eigenvalue weighted by atomic mass is 9.86. The minimum Gasteiger partial charge on any atom is -0.469 e. The Hall–Kier alpha value is -0.420. The van der Waals surface area contributed by atoms with Crippen molar-refractivity contribution in [3.05, 3.63) is 0 Å². The summed E-state index contributed by atoms with van der Waals surface area (Å²) in [5, 5.41) is 0. The minimum atomic E-state index is -0.914. The van der Waals surface area contributed by atoms with Crippen LogP contribution in [0.1, 0.15) is 32.6 Å². The van der Waals surface area contributed by atoms with Gasteiger partial charge in [0.05, 0.1) is 24.0 Å². The average molecular weight is 233 g/mol. The van der Waals surface area contributed by atoms with E-state index in [1.807, 2.05) is 6.92 Å². The van der Waals surface area contributed by atoms with Crippen LogP contribution in [0.15, 0.2) is 0 Å². The van der Waals surface area contributed by atoms with Crippen LogP contribution in [-0.4, -0.2) is 29.1 Å². The molecule has 1 N–H and O–H groups in total. The number of hydrogen-bond donors (Lipinski definition) is 1. The zero-order valence-electron chi connectivity index (χ0n) is 9.32. The number of carbonyl (C=O) groups excluding carboxylic acids is 1. The Morgan fingerprint density at radius 2 is 2.00 bits per heavy atom. The van der Waals surface area contributed by atoms with Gasteiger partial charge in [-0.05, 0) is 25.7 Å². The van der Waals surface area contributed by atoms with E-state index in [0.717, 1.165) is 25.7 Å². The SMILES string of the molecule is CCS(=O)NC1CCC(C(=O)OC)CC1. The molecule has 15 heavy (non-hydrogen) atoms. The van der Waals surface area contributed by atoms with E-state index in [0.29, 0.717) is 11.8 Å². The largest absolute Gasteiger partial charge is 0.469 e. The Kier molecular flexibility index (Phi) is 5.25. The van der Waals surface area contributed by atoms with Crippen molar-refractivity contribution in [3.8, 4) is 0 Å². The van der Waals surface area contributed by atoms with Gasteiger partial charge in [-0.25, -0.2) is 8.93 Å². The summed E-state index contributed by atoms with van der Waals surface area (Å²) in [6.45, 7) is 1.89. The number of carbonyl (C=O) groups is 1. The standard InChI is InChI=1S/C10H19NO3S/c1-3-15(13)11-9-6-4-8(5-7-9)10(12)14-2/h8-9,11H,3-7H2,1-2H3. The topological polar surface area (TPSA) is 55.4 Å². The maximum absolute atomic E-state index is 11.3. The van der Waals surface area contributed by atoms with Gasteiger partial charge in [0.15, 0.2) is 0 Å². The van der Waals surface area contributed by atoms with Gasteiger partial charge in [0, 0.05) is 11.8 Å². The maximum Gasteiger partial charge on any atom is 0.308 e. The van der Waals surface area contributed by atoms with Crippen LogP contribution >= 0.6 is 0 Å². The molecule has 0 radical (unpaired) electrons. The van der Waals surface area contributed by atoms with E-state index in [-0.39, 0.29) is 11.9 Å². The van der Waals surface area contributed by atoms with E-state index < -0.39 is 11.0 Å². The Morgan fingerprint density at radius 1 is 1.40 bits per heavy atom. The quantitative estimate of drug-likeness (QED) is 0.737. The van der Waals surface area contributed by atoms with Crippen molar-refractivity contribution >= 4 is 17.0 Å². The fraction of sp³-hybridized carbons (Fsp3) is 0.900. The Labute approximate surface area is 93.4 Å². The molecule has 1 aliphatic carbocycles. The highest BCUT2D eigenvalue weighted by Gasteiger charge is 2.27. The van der Waals surface area contributed by atoms with E-state index in [1.54, 1.807) is 0 Å². The van der Waals surface area contributed by atoms with Gasteiger partial charge in [-0.1, -0.05) is 6.92 Å². The van der Waals surface area contributed by atoms with Crippen LogP contribution in [0, 0.1) is 5.92 Å². The van der Waals surface area contributed by atoms with Gasteiger partial charge in [0.2, 0.25) is 0 Å². The van der Waals surface area contributed by atoms with Gasteiger partial charge in [0.1, 0.15) is 0 Å². The molecule has 0 amide bonds. The van der Waals surface area contributed by atoms with Gasteiger partial charge in [0.25, 0.3) is 0 Å². The van der Waals surface area contributed by atoms with E-state index in [1.165, 1.54) is 7.11 Å². The van der Waals surface area contributed by atoms with E-state index >= 15 is 0 Å². The molecule has 0 spiro atoms. The Balaban J connectivity index is 2.29. The summed E-state index contributed by atoms with van der Waals surface area (Å²) in [5.74, 6) is 0.574. The molecule has 0 bridgehead atoms. The van der Waals surface area contributed by atoms with E-state index in [2.05, 4.69) is 4.72 Å². The molecule has 1 rings (SSSR count).